The number of H-pyrrole nitrogens is 1. The summed E-state index contributed by atoms with van der Waals surface area (Å²) in [6.45, 7) is 3.53. The molecule has 0 unspecified atom stereocenters. The number of hydrogen-bond donors (Lipinski definition) is 1. The van der Waals surface area contributed by atoms with Crippen molar-refractivity contribution < 1.29 is 17.9 Å². The Labute approximate surface area is 112 Å². The lowest BCUT2D eigenvalue weighted by Gasteiger charge is -2.17. The summed E-state index contributed by atoms with van der Waals surface area (Å²) in [5, 5.41) is 5.59. The van der Waals surface area contributed by atoms with Crippen LogP contribution in [-0.2, 0) is 14.8 Å². The van der Waals surface area contributed by atoms with Crippen LogP contribution in [0.1, 0.15) is 24.2 Å². The van der Waals surface area contributed by atoms with Crippen molar-refractivity contribution in [3.8, 4) is 12.3 Å². The molecule has 0 radical (unpaired) electrons. The molecule has 1 aromatic heterocycles. The number of aromatic nitrogens is 2. The van der Waals surface area contributed by atoms with Gasteiger partial charge in [0.25, 0.3) is 10.0 Å². The van der Waals surface area contributed by atoms with Crippen LogP contribution in [0.4, 0.5) is 0 Å². The molecule has 0 aliphatic heterocycles. The Kier molecular flexibility index (Phi) is 5.09. The van der Waals surface area contributed by atoms with Gasteiger partial charge in [-0.1, -0.05) is 12.8 Å². The number of carbonyl (C=O) groups is 1. The molecule has 1 rings (SSSR count). The van der Waals surface area contributed by atoms with Crippen LogP contribution >= 0.6 is 0 Å². The lowest BCUT2D eigenvalue weighted by molar-refractivity contribution is 0.0521. The van der Waals surface area contributed by atoms with E-state index in [9.17, 15) is 13.2 Å². The Morgan fingerprint density at radius 3 is 2.79 bits per heavy atom. The van der Waals surface area contributed by atoms with Crippen molar-refractivity contribution in [2.24, 2.45) is 0 Å². The summed E-state index contributed by atoms with van der Waals surface area (Å²) in [5.74, 6) is 1.51. The highest BCUT2D eigenvalue weighted by atomic mass is 32.2. The van der Waals surface area contributed by atoms with Gasteiger partial charge in [0.05, 0.1) is 19.3 Å². The summed E-state index contributed by atoms with van der Waals surface area (Å²) in [6, 6.07) is 0. The van der Waals surface area contributed by atoms with Gasteiger partial charge in [0, 0.05) is 6.54 Å². The molecule has 104 valence electrons. The number of ether oxygens (including phenoxy) is 1. The standard InChI is InChI=1S/C11H15N3O4S/c1-4-7-14(5-2)19(16,17)10-9(8-12-13-10)11(15)18-6-3/h1,8H,5-7H2,2-3H3,(H,12,13). The quantitative estimate of drug-likeness (QED) is 0.596. The molecule has 0 aliphatic carbocycles. The highest BCUT2D eigenvalue weighted by molar-refractivity contribution is 7.89. The third-order valence-electron chi connectivity index (χ3n) is 2.32. The van der Waals surface area contributed by atoms with E-state index in [4.69, 9.17) is 11.2 Å². The monoisotopic (exact) mass is 285 g/mol. The van der Waals surface area contributed by atoms with Crippen molar-refractivity contribution in [3.63, 3.8) is 0 Å². The largest absolute Gasteiger partial charge is 0.462 e. The molecule has 0 atom stereocenters. The average molecular weight is 285 g/mol. The lowest BCUT2D eigenvalue weighted by Crippen LogP contribution is -2.32. The Hall–Kier alpha value is -1.85. The number of aromatic amines is 1. The molecule has 7 nitrogen and oxygen atoms in total. The van der Waals surface area contributed by atoms with Gasteiger partial charge < -0.3 is 4.74 Å². The van der Waals surface area contributed by atoms with E-state index in [1.54, 1.807) is 13.8 Å². The lowest BCUT2D eigenvalue weighted by atomic mass is 10.4. The minimum absolute atomic E-state index is 0.0832. The van der Waals surface area contributed by atoms with E-state index in [0.717, 1.165) is 10.5 Å². The van der Waals surface area contributed by atoms with E-state index in [2.05, 4.69) is 16.1 Å². The average Bonchev–Trinajstić information content (AvgIpc) is 2.85. The van der Waals surface area contributed by atoms with Gasteiger partial charge in [-0.05, 0) is 6.92 Å². The van der Waals surface area contributed by atoms with Crippen LogP contribution in [0.2, 0.25) is 0 Å². The molecule has 0 spiro atoms. The Morgan fingerprint density at radius 2 is 2.26 bits per heavy atom. The van der Waals surface area contributed by atoms with Crippen LogP contribution < -0.4 is 0 Å². The van der Waals surface area contributed by atoms with Crippen molar-refractivity contribution in [2.45, 2.75) is 18.9 Å². The zero-order chi connectivity index (χ0) is 14.5. The molecule has 0 aliphatic rings. The summed E-state index contributed by atoms with van der Waals surface area (Å²) in [7, 11) is -3.89. The molecule has 0 saturated carbocycles. The van der Waals surface area contributed by atoms with Crippen molar-refractivity contribution in [2.75, 3.05) is 19.7 Å². The van der Waals surface area contributed by atoms with Crippen molar-refractivity contribution in [3.05, 3.63) is 11.8 Å². The fourth-order valence-electron chi connectivity index (χ4n) is 1.42. The third-order valence-corrected chi connectivity index (χ3v) is 4.21. The zero-order valence-corrected chi connectivity index (χ0v) is 11.5. The first-order valence-corrected chi connectivity index (χ1v) is 7.07. The predicted octanol–water partition coefficient (Wildman–Crippen LogP) is 0.230. The summed E-state index contributed by atoms with van der Waals surface area (Å²) >= 11 is 0. The highest BCUT2D eigenvalue weighted by Gasteiger charge is 2.30. The molecule has 0 saturated heterocycles. The SMILES string of the molecule is C#CCN(CC)S(=O)(=O)c1[nH]ncc1C(=O)OCC. The molecule has 0 aromatic carbocycles. The molecule has 1 aromatic rings. The van der Waals surface area contributed by atoms with E-state index in [-0.39, 0.29) is 30.3 Å². The number of carbonyl (C=O) groups excluding carboxylic acids is 1. The number of nitrogens with one attached hydrogen (secondary N) is 1. The molecule has 0 amide bonds. The molecule has 8 heteroatoms. The molecule has 19 heavy (non-hydrogen) atoms. The normalized spacial score (nSPS) is 11.3. The second-order valence-electron chi connectivity index (χ2n) is 3.47. The number of rotatable bonds is 6. The van der Waals surface area contributed by atoms with Crippen LogP contribution in [0, 0.1) is 12.3 Å². The van der Waals surface area contributed by atoms with Crippen LogP contribution in [-0.4, -0.2) is 48.6 Å². The Balaban J connectivity index is 3.20. The van der Waals surface area contributed by atoms with E-state index >= 15 is 0 Å². The van der Waals surface area contributed by atoms with Gasteiger partial charge in [0.1, 0.15) is 5.56 Å². The summed E-state index contributed by atoms with van der Waals surface area (Å²) < 4.78 is 30.4. The summed E-state index contributed by atoms with van der Waals surface area (Å²) in [6.07, 6.45) is 6.25. The molecule has 1 N–H and O–H groups in total. The maximum atomic E-state index is 12.3. The third kappa shape index (κ3) is 3.13. The molecule has 0 fully saturated rings. The maximum absolute atomic E-state index is 12.3. The van der Waals surface area contributed by atoms with Crippen LogP contribution in [0.25, 0.3) is 0 Å². The zero-order valence-electron chi connectivity index (χ0n) is 10.7. The maximum Gasteiger partial charge on any atom is 0.342 e. The van der Waals surface area contributed by atoms with Crippen molar-refractivity contribution in [1.82, 2.24) is 14.5 Å². The molecule has 0 bridgehead atoms. The van der Waals surface area contributed by atoms with Gasteiger partial charge in [-0.2, -0.15) is 9.40 Å². The van der Waals surface area contributed by atoms with Gasteiger partial charge in [0.2, 0.25) is 0 Å². The second kappa shape index (κ2) is 6.36. The summed E-state index contributed by atoms with van der Waals surface area (Å²) in [4.78, 5) is 11.6. The fourth-order valence-corrected chi connectivity index (χ4v) is 2.85. The first-order valence-electron chi connectivity index (χ1n) is 5.63. The van der Waals surface area contributed by atoms with E-state index in [0.29, 0.717) is 0 Å². The number of hydrogen-bond acceptors (Lipinski definition) is 5. The van der Waals surface area contributed by atoms with E-state index in [1.807, 2.05) is 0 Å². The number of nitrogens with zero attached hydrogens (tertiary/aromatic N) is 2. The molecule has 1 heterocycles. The molecular formula is C11H15N3O4S. The summed E-state index contributed by atoms with van der Waals surface area (Å²) in [5.41, 5.74) is -0.127. The predicted molar refractivity (Wildman–Crippen MR) is 67.8 cm³/mol. The highest BCUT2D eigenvalue weighted by Crippen LogP contribution is 2.18. The van der Waals surface area contributed by atoms with Crippen LogP contribution in [0.15, 0.2) is 11.2 Å². The smallest absolute Gasteiger partial charge is 0.342 e. The van der Waals surface area contributed by atoms with Gasteiger partial charge in [-0.15, -0.1) is 6.42 Å². The van der Waals surface area contributed by atoms with Gasteiger partial charge >= 0.3 is 5.97 Å². The van der Waals surface area contributed by atoms with Gasteiger partial charge in [-0.25, -0.2) is 13.2 Å². The fraction of sp³-hybridized carbons (Fsp3) is 0.455. The number of sulfonamides is 1. The first kappa shape index (κ1) is 15.2. The first-order chi connectivity index (χ1) is 8.98. The van der Waals surface area contributed by atoms with Crippen molar-refractivity contribution in [1.29, 1.82) is 0 Å². The minimum Gasteiger partial charge on any atom is -0.462 e. The molecular weight excluding hydrogens is 270 g/mol. The number of esters is 1. The van der Waals surface area contributed by atoms with Gasteiger partial charge in [-0.3, -0.25) is 5.10 Å². The van der Waals surface area contributed by atoms with Crippen LogP contribution in [0.3, 0.4) is 0 Å². The minimum atomic E-state index is -3.89. The van der Waals surface area contributed by atoms with E-state index < -0.39 is 16.0 Å². The van der Waals surface area contributed by atoms with Crippen LogP contribution in [0.5, 0.6) is 0 Å². The second-order valence-corrected chi connectivity index (χ2v) is 5.34. The van der Waals surface area contributed by atoms with E-state index in [1.165, 1.54) is 0 Å². The Bertz CT molecular complexity index is 585. The number of terminal acetylenes is 1. The van der Waals surface area contributed by atoms with Crippen molar-refractivity contribution >= 4 is 16.0 Å². The van der Waals surface area contributed by atoms with Gasteiger partial charge in [0.15, 0.2) is 5.03 Å². The Morgan fingerprint density at radius 1 is 1.58 bits per heavy atom. The topological polar surface area (TPSA) is 92.4 Å².